The first kappa shape index (κ1) is 17.0. The lowest BCUT2D eigenvalue weighted by atomic mass is 10.1. The zero-order valence-corrected chi connectivity index (χ0v) is 9.48. The van der Waals surface area contributed by atoms with E-state index in [0.717, 1.165) is 12.8 Å². The van der Waals surface area contributed by atoms with E-state index in [1.807, 2.05) is 0 Å². The minimum Gasteiger partial charge on any atom is -0.480 e. The lowest BCUT2D eigenvalue weighted by molar-refractivity contribution is -0.138. The summed E-state index contributed by atoms with van der Waals surface area (Å²) in [6.45, 7) is 5.21. The van der Waals surface area contributed by atoms with Gasteiger partial charge in [-0.05, 0) is 26.3 Å². The van der Waals surface area contributed by atoms with E-state index in [0.29, 0.717) is 13.0 Å². The number of unbranched alkanes of at least 4 members (excludes halogenated alkanes) is 1. The molecule has 0 saturated heterocycles. The SMILES string of the molecule is C=C(C)C(=O)O.NCCCCC(N)C(=O)O. The molecular weight excluding hydrogens is 212 g/mol. The molecule has 6 heteroatoms. The molecule has 0 fully saturated rings. The van der Waals surface area contributed by atoms with E-state index in [1.54, 1.807) is 0 Å². The first-order chi connectivity index (χ1) is 7.32. The normalized spacial score (nSPS) is 10.9. The minimum atomic E-state index is -0.935. The lowest BCUT2D eigenvalue weighted by Gasteiger charge is -2.03. The Balaban J connectivity index is 0. The Kier molecular flexibility index (Phi) is 10.8. The van der Waals surface area contributed by atoms with Crippen molar-refractivity contribution in [1.29, 1.82) is 0 Å². The molecule has 0 radical (unpaired) electrons. The summed E-state index contributed by atoms with van der Waals surface area (Å²) in [5.41, 5.74) is 10.6. The van der Waals surface area contributed by atoms with Gasteiger partial charge in [0.05, 0.1) is 0 Å². The largest absolute Gasteiger partial charge is 0.480 e. The van der Waals surface area contributed by atoms with Gasteiger partial charge in [0.25, 0.3) is 0 Å². The standard InChI is InChI=1S/C6H14N2O2.C4H6O2/c7-4-2-1-3-5(8)6(9)10;1-3(2)4(5)6/h5H,1-4,7-8H2,(H,9,10);1H2,2H3,(H,5,6). The van der Waals surface area contributed by atoms with Crippen LogP contribution in [0.15, 0.2) is 12.2 Å². The Labute approximate surface area is 94.9 Å². The maximum Gasteiger partial charge on any atom is 0.330 e. The number of hydrogen-bond acceptors (Lipinski definition) is 4. The molecule has 0 heterocycles. The fourth-order valence-electron chi connectivity index (χ4n) is 0.632. The number of aliphatic carboxylic acids is 2. The van der Waals surface area contributed by atoms with Crippen LogP contribution in [0.2, 0.25) is 0 Å². The van der Waals surface area contributed by atoms with Gasteiger partial charge < -0.3 is 21.7 Å². The molecule has 6 N–H and O–H groups in total. The fourth-order valence-corrected chi connectivity index (χ4v) is 0.632. The van der Waals surface area contributed by atoms with Crippen LogP contribution >= 0.6 is 0 Å². The molecule has 94 valence electrons. The van der Waals surface area contributed by atoms with Crippen LogP contribution < -0.4 is 11.5 Å². The monoisotopic (exact) mass is 232 g/mol. The summed E-state index contributed by atoms with van der Waals surface area (Å²) in [7, 11) is 0. The summed E-state index contributed by atoms with van der Waals surface area (Å²) in [6.07, 6.45) is 2.16. The van der Waals surface area contributed by atoms with Crippen molar-refractivity contribution >= 4 is 11.9 Å². The van der Waals surface area contributed by atoms with Gasteiger partial charge in [-0.2, -0.15) is 0 Å². The number of carboxylic acid groups (broad SMARTS) is 2. The van der Waals surface area contributed by atoms with Gasteiger partial charge in [0.1, 0.15) is 6.04 Å². The molecule has 0 aliphatic rings. The van der Waals surface area contributed by atoms with Gasteiger partial charge in [-0.15, -0.1) is 0 Å². The summed E-state index contributed by atoms with van der Waals surface area (Å²) in [5, 5.41) is 16.2. The summed E-state index contributed by atoms with van der Waals surface area (Å²) >= 11 is 0. The van der Waals surface area contributed by atoms with Crippen LogP contribution in [0.25, 0.3) is 0 Å². The molecule has 0 aromatic heterocycles. The molecular formula is C10H20N2O4. The van der Waals surface area contributed by atoms with E-state index in [4.69, 9.17) is 21.7 Å². The third-order valence-corrected chi connectivity index (χ3v) is 1.65. The number of carbonyl (C=O) groups is 2. The average Bonchev–Trinajstić information content (AvgIpc) is 2.18. The zero-order chi connectivity index (χ0) is 13.1. The first-order valence-electron chi connectivity index (χ1n) is 4.90. The van der Waals surface area contributed by atoms with Crippen molar-refractivity contribution in [3.8, 4) is 0 Å². The Bertz CT molecular complexity index is 229. The number of rotatable bonds is 6. The molecule has 0 aliphatic carbocycles. The van der Waals surface area contributed by atoms with Gasteiger partial charge in [-0.1, -0.05) is 13.0 Å². The quantitative estimate of drug-likeness (QED) is 0.382. The molecule has 16 heavy (non-hydrogen) atoms. The smallest absolute Gasteiger partial charge is 0.330 e. The van der Waals surface area contributed by atoms with Crippen LogP contribution in [0, 0.1) is 0 Å². The second-order valence-electron chi connectivity index (χ2n) is 3.31. The molecule has 0 aliphatic heterocycles. The molecule has 6 nitrogen and oxygen atoms in total. The molecule has 0 rings (SSSR count). The second-order valence-corrected chi connectivity index (χ2v) is 3.31. The maximum atomic E-state index is 10.1. The highest BCUT2D eigenvalue weighted by atomic mass is 16.4. The van der Waals surface area contributed by atoms with Crippen LogP contribution in [0.1, 0.15) is 26.2 Å². The summed E-state index contributed by atoms with van der Waals surface area (Å²) < 4.78 is 0. The predicted molar refractivity (Wildman–Crippen MR) is 61.0 cm³/mol. The van der Waals surface area contributed by atoms with E-state index in [1.165, 1.54) is 6.92 Å². The van der Waals surface area contributed by atoms with Crippen molar-refractivity contribution in [1.82, 2.24) is 0 Å². The Morgan fingerprint density at radius 1 is 1.31 bits per heavy atom. The van der Waals surface area contributed by atoms with Crippen LogP contribution in [-0.4, -0.2) is 34.7 Å². The number of carboxylic acids is 2. The van der Waals surface area contributed by atoms with E-state index >= 15 is 0 Å². The molecule has 0 amide bonds. The molecule has 0 aromatic carbocycles. The van der Waals surface area contributed by atoms with Gasteiger partial charge in [0, 0.05) is 5.57 Å². The van der Waals surface area contributed by atoms with Gasteiger partial charge >= 0.3 is 11.9 Å². The van der Waals surface area contributed by atoms with E-state index < -0.39 is 18.0 Å². The molecule has 0 spiro atoms. The Hall–Kier alpha value is -1.40. The summed E-state index contributed by atoms with van der Waals surface area (Å²) in [5.74, 6) is -1.87. The van der Waals surface area contributed by atoms with Crippen molar-refractivity contribution in [3.63, 3.8) is 0 Å². The van der Waals surface area contributed by atoms with Crippen LogP contribution in [0.4, 0.5) is 0 Å². The second kappa shape index (κ2) is 10.1. The molecule has 0 bridgehead atoms. The fraction of sp³-hybridized carbons (Fsp3) is 0.600. The molecule has 1 unspecified atom stereocenters. The molecule has 0 aromatic rings. The van der Waals surface area contributed by atoms with E-state index in [-0.39, 0.29) is 5.57 Å². The predicted octanol–water partition coefficient (Wildman–Crippen LogP) is 0.174. The summed E-state index contributed by atoms with van der Waals surface area (Å²) in [6, 6.07) is -0.716. The van der Waals surface area contributed by atoms with Gasteiger partial charge in [0.2, 0.25) is 0 Å². The van der Waals surface area contributed by atoms with Gasteiger partial charge in [0.15, 0.2) is 0 Å². The molecule has 1 atom stereocenters. The highest BCUT2D eigenvalue weighted by Crippen LogP contribution is 1.96. The lowest BCUT2D eigenvalue weighted by Crippen LogP contribution is -2.29. The van der Waals surface area contributed by atoms with Crippen molar-refractivity contribution in [3.05, 3.63) is 12.2 Å². The first-order valence-corrected chi connectivity index (χ1v) is 4.90. The van der Waals surface area contributed by atoms with Gasteiger partial charge in [-0.3, -0.25) is 4.79 Å². The number of nitrogens with two attached hydrogens (primary N) is 2. The van der Waals surface area contributed by atoms with Crippen molar-refractivity contribution in [2.75, 3.05) is 6.54 Å². The van der Waals surface area contributed by atoms with Crippen molar-refractivity contribution in [2.45, 2.75) is 32.2 Å². The Morgan fingerprint density at radius 3 is 2.00 bits per heavy atom. The highest BCUT2D eigenvalue weighted by Gasteiger charge is 2.09. The minimum absolute atomic E-state index is 0.176. The third kappa shape index (κ3) is 12.6. The number of hydrogen-bond donors (Lipinski definition) is 4. The maximum absolute atomic E-state index is 10.1. The Morgan fingerprint density at radius 2 is 1.75 bits per heavy atom. The van der Waals surface area contributed by atoms with Crippen LogP contribution in [-0.2, 0) is 9.59 Å². The zero-order valence-electron chi connectivity index (χ0n) is 9.48. The van der Waals surface area contributed by atoms with Crippen LogP contribution in [0.3, 0.4) is 0 Å². The topological polar surface area (TPSA) is 127 Å². The third-order valence-electron chi connectivity index (χ3n) is 1.65. The van der Waals surface area contributed by atoms with E-state index in [2.05, 4.69) is 6.58 Å². The highest BCUT2D eigenvalue weighted by molar-refractivity contribution is 5.84. The summed E-state index contributed by atoms with van der Waals surface area (Å²) in [4.78, 5) is 19.7. The van der Waals surface area contributed by atoms with Gasteiger partial charge in [-0.25, -0.2) is 4.79 Å². The van der Waals surface area contributed by atoms with E-state index in [9.17, 15) is 9.59 Å². The van der Waals surface area contributed by atoms with Crippen molar-refractivity contribution in [2.24, 2.45) is 11.5 Å². The molecule has 0 saturated carbocycles. The van der Waals surface area contributed by atoms with Crippen molar-refractivity contribution < 1.29 is 19.8 Å². The van der Waals surface area contributed by atoms with Crippen LogP contribution in [0.5, 0.6) is 0 Å². The average molecular weight is 232 g/mol.